The maximum absolute atomic E-state index is 13.7. The number of hydrogen-bond donors (Lipinski definition) is 4. The van der Waals surface area contributed by atoms with Crippen LogP contribution >= 0.6 is 11.6 Å². The first-order chi connectivity index (χ1) is 11.7. The van der Waals surface area contributed by atoms with E-state index in [1.165, 1.54) is 6.07 Å². The number of benzene rings is 1. The van der Waals surface area contributed by atoms with Crippen LogP contribution in [0, 0.1) is 5.82 Å². The first-order valence-electron chi connectivity index (χ1n) is 7.61. The Morgan fingerprint density at radius 2 is 1.88 bits per heavy atom. The van der Waals surface area contributed by atoms with Crippen LogP contribution in [0.4, 0.5) is 4.39 Å². The number of carbonyl (C=O) groups is 2. The van der Waals surface area contributed by atoms with Gasteiger partial charge < -0.3 is 25.4 Å². The molecule has 4 N–H and O–H groups in total. The van der Waals surface area contributed by atoms with Crippen molar-refractivity contribution in [2.24, 2.45) is 0 Å². The summed E-state index contributed by atoms with van der Waals surface area (Å²) in [4.78, 5) is 18.2. The predicted molar refractivity (Wildman–Crippen MR) is 88.0 cm³/mol. The largest absolute Gasteiger partial charge is 0.473 e. The minimum atomic E-state index is -1.82. The van der Waals surface area contributed by atoms with Crippen molar-refractivity contribution in [1.29, 1.82) is 0 Å². The molecule has 7 nitrogen and oxygen atoms in total. The van der Waals surface area contributed by atoms with Crippen molar-refractivity contribution in [2.45, 2.75) is 38.1 Å². The van der Waals surface area contributed by atoms with Gasteiger partial charge in [0, 0.05) is 10.6 Å². The molecule has 0 bridgehead atoms. The zero-order chi connectivity index (χ0) is 19.0. The molecule has 1 aromatic carbocycles. The van der Waals surface area contributed by atoms with Crippen LogP contribution < -0.4 is 5.32 Å². The van der Waals surface area contributed by atoms with Crippen LogP contribution in [0.3, 0.4) is 0 Å². The van der Waals surface area contributed by atoms with Gasteiger partial charge >= 0.3 is 11.9 Å². The Balaban J connectivity index is 0.000000450. The summed E-state index contributed by atoms with van der Waals surface area (Å²) in [6, 6.07) is 4.53. The Kier molecular flexibility index (Phi) is 8.24. The van der Waals surface area contributed by atoms with Crippen LogP contribution in [0.5, 0.6) is 0 Å². The number of piperidine rings is 1. The van der Waals surface area contributed by atoms with Gasteiger partial charge in [-0.15, -0.1) is 0 Å². The number of ether oxygens (including phenoxy) is 1. The molecule has 1 atom stereocenters. The fourth-order valence-electron chi connectivity index (χ4n) is 2.39. The second kappa shape index (κ2) is 9.67. The third-order valence-electron chi connectivity index (χ3n) is 3.92. The van der Waals surface area contributed by atoms with E-state index in [0.29, 0.717) is 10.6 Å². The van der Waals surface area contributed by atoms with Gasteiger partial charge in [-0.05, 0) is 45.0 Å². The summed E-state index contributed by atoms with van der Waals surface area (Å²) in [6.07, 6.45) is 0.865. The van der Waals surface area contributed by atoms with Crippen LogP contribution in [0.25, 0.3) is 0 Å². The molecule has 2 rings (SSSR count). The lowest BCUT2D eigenvalue weighted by Gasteiger charge is -2.40. The third kappa shape index (κ3) is 6.58. The molecule has 0 spiro atoms. The van der Waals surface area contributed by atoms with E-state index in [4.69, 9.17) is 36.1 Å². The van der Waals surface area contributed by atoms with Gasteiger partial charge in [-0.1, -0.05) is 17.7 Å². The van der Waals surface area contributed by atoms with Gasteiger partial charge in [0.1, 0.15) is 5.82 Å². The predicted octanol–water partition coefficient (Wildman–Crippen LogP) is 1.65. The molecule has 0 aromatic heterocycles. The number of aliphatic hydroxyl groups excluding tert-OH is 1. The summed E-state index contributed by atoms with van der Waals surface area (Å²) in [7, 11) is 0. The number of carboxylic acid groups (broad SMARTS) is 2. The van der Waals surface area contributed by atoms with Gasteiger partial charge in [-0.3, -0.25) is 0 Å². The smallest absolute Gasteiger partial charge is 0.414 e. The first-order valence-corrected chi connectivity index (χ1v) is 7.98. The Hall–Kier alpha value is -1.74. The minimum absolute atomic E-state index is 0.147. The second-order valence-corrected chi connectivity index (χ2v) is 6.06. The quantitative estimate of drug-likeness (QED) is 0.589. The van der Waals surface area contributed by atoms with Gasteiger partial charge in [0.25, 0.3) is 0 Å². The first kappa shape index (κ1) is 21.3. The molecule has 1 aliphatic heterocycles. The Morgan fingerprint density at radius 1 is 1.32 bits per heavy atom. The fourth-order valence-corrected chi connectivity index (χ4v) is 2.55. The molecule has 0 radical (unpaired) electrons. The summed E-state index contributed by atoms with van der Waals surface area (Å²) in [5, 5.41) is 28.3. The number of nitrogens with one attached hydrogen (secondary N) is 1. The minimum Gasteiger partial charge on any atom is -0.473 e. The fraction of sp³-hybridized carbons (Fsp3) is 0.500. The van der Waals surface area contributed by atoms with Crippen LogP contribution in [0.15, 0.2) is 18.2 Å². The Labute approximate surface area is 149 Å². The van der Waals surface area contributed by atoms with E-state index < -0.39 is 23.6 Å². The van der Waals surface area contributed by atoms with Gasteiger partial charge in [0.05, 0.1) is 18.3 Å². The van der Waals surface area contributed by atoms with E-state index >= 15 is 0 Å². The molecule has 1 aromatic rings. The summed E-state index contributed by atoms with van der Waals surface area (Å²) in [5.74, 6) is -4.02. The number of aliphatic carboxylic acids is 2. The van der Waals surface area contributed by atoms with Crippen molar-refractivity contribution >= 4 is 23.5 Å². The lowest BCUT2D eigenvalue weighted by atomic mass is 9.87. The van der Waals surface area contributed by atoms with Gasteiger partial charge in [0.15, 0.2) is 0 Å². The topological polar surface area (TPSA) is 116 Å². The van der Waals surface area contributed by atoms with Crippen LogP contribution in [0.1, 0.15) is 25.3 Å². The lowest BCUT2D eigenvalue weighted by molar-refractivity contribution is -0.159. The Bertz CT molecular complexity index is 592. The third-order valence-corrected chi connectivity index (χ3v) is 4.16. The molecule has 1 heterocycles. The maximum Gasteiger partial charge on any atom is 0.414 e. The van der Waals surface area contributed by atoms with Crippen molar-refractivity contribution in [3.05, 3.63) is 34.6 Å². The molecule has 0 aliphatic carbocycles. The second-order valence-electron chi connectivity index (χ2n) is 5.63. The average Bonchev–Trinajstić information content (AvgIpc) is 2.55. The number of halogens is 2. The number of carboxylic acids is 2. The molecule has 140 valence electrons. The highest BCUT2D eigenvalue weighted by molar-refractivity contribution is 6.30. The molecule has 1 saturated heterocycles. The average molecular weight is 378 g/mol. The van der Waals surface area contributed by atoms with E-state index in [1.54, 1.807) is 19.1 Å². The summed E-state index contributed by atoms with van der Waals surface area (Å²) < 4.78 is 19.6. The molecule has 0 amide bonds. The van der Waals surface area contributed by atoms with Crippen molar-refractivity contribution in [3.63, 3.8) is 0 Å². The standard InChI is InChI=1S/C14H19ClFNO2.C2H2O4/c1-10(18)14(4-6-17-7-5-14)19-9-11-2-3-12(15)8-13(11)16;3-1(4)2(5)6/h2-3,8,10,17-18H,4-7,9H2,1H3;(H,3,4)(H,5,6). The zero-order valence-electron chi connectivity index (χ0n) is 13.7. The van der Waals surface area contributed by atoms with Crippen molar-refractivity contribution in [2.75, 3.05) is 13.1 Å². The molecule has 9 heteroatoms. The number of aliphatic hydroxyl groups is 1. The molecule has 1 fully saturated rings. The van der Waals surface area contributed by atoms with Gasteiger partial charge in [-0.25, -0.2) is 14.0 Å². The zero-order valence-corrected chi connectivity index (χ0v) is 14.4. The number of rotatable bonds is 4. The molecular formula is C16H21ClFNO6. The maximum atomic E-state index is 13.7. The van der Waals surface area contributed by atoms with Crippen LogP contribution in [-0.4, -0.2) is 52.1 Å². The molecule has 1 aliphatic rings. The SMILES string of the molecule is CC(O)C1(OCc2ccc(Cl)cc2F)CCNCC1.O=C(O)C(=O)O. The lowest BCUT2D eigenvalue weighted by Crippen LogP contribution is -2.51. The summed E-state index contributed by atoms with van der Waals surface area (Å²) >= 11 is 5.71. The highest BCUT2D eigenvalue weighted by Crippen LogP contribution is 2.29. The Morgan fingerprint density at radius 3 is 2.32 bits per heavy atom. The molecule has 0 saturated carbocycles. The van der Waals surface area contributed by atoms with E-state index in [9.17, 15) is 9.50 Å². The van der Waals surface area contributed by atoms with Gasteiger partial charge in [-0.2, -0.15) is 0 Å². The van der Waals surface area contributed by atoms with Crippen molar-refractivity contribution < 1.29 is 34.0 Å². The van der Waals surface area contributed by atoms with Crippen molar-refractivity contribution in [1.82, 2.24) is 5.32 Å². The van der Waals surface area contributed by atoms with Crippen LogP contribution in [0.2, 0.25) is 5.02 Å². The molecule has 1 unspecified atom stereocenters. The van der Waals surface area contributed by atoms with Crippen LogP contribution in [-0.2, 0) is 20.9 Å². The summed E-state index contributed by atoms with van der Waals surface area (Å²) in [6.45, 7) is 3.47. The van der Waals surface area contributed by atoms with E-state index in [1.807, 2.05) is 0 Å². The number of hydrogen-bond acceptors (Lipinski definition) is 5. The molecule has 25 heavy (non-hydrogen) atoms. The highest BCUT2D eigenvalue weighted by Gasteiger charge is 2.37. The van der Waals surface area contributed by atoms with E-state index in [-0.39, 0.29) is 12.4 Å². The molecular weight excluding hydrogens is 357 g/mol. The van der Waals surface area contributed by atoms with Crippen molar-refractivity contribution in [3.8, 4) is 0 Å². The van der Waals surface area contributed by atoms with E-state index in [2.05, 4.69) is 5.32 Å². The monoisotopic (exact) mass is 377 g/mol. The normalized spacial score (nSPS) is 17.1. The highest BCUT2D eigenvalue weighted by atomic mass is 35.5. The van der Waals surface area contributed by atoms with E-state index in [0.717, 1.165) is 25.9 Å². The van der Waals surface area contributed by atoms with Gasteiger partial charge in [0.2, 0.25) is 0 Å². The summed E-state index contributed by atoms with van der Waals surface area (Å²) in [5.41, 5.74) is -0.125.